The molecule has 3 aliphatic heterocycles. The standard InChI is InChI=1S/C23H30FN6/c1-14-5-7-29(13-14)22-10-23(28-16(3)27-22)30-21-9-19(15(2)8-17(21)11-26-30)18-4-6-25-12-20(18)24/h8,10,14,18,20-21,25H,4-7,9,12-13H2,1-3H3/q+1/t14-,18?,20?,21?/m0/s1. The molecule has 5 rings (SSSR count). The molecule has 4 heterocycles. The summed E-state index contributed by atoms with van der Waals surface area (Å²) in [7, 11) is 0. The van der Waals surface area contributed by atoms with Crippen molar-refractivity contribution >= 4 is 11.6 Å². The molecular weight excluding hydrogens is 379 g/mol. The van der Waals surface area contributed by atoms with Crippen molar-refractivity contribution in [2.45, 2.75) is 52.2 Å². The molecule has 0 bridgehead atoms. The first kappa shape index (κ1) is 19.5. The lowest BCUT2D eigenvalue weighted by molar-refractivity contribution is 0.201. The largest absolute Gasteiger partial charge is 0.356 e. The molecular formula is C23H30FN6+. The summed E-state index contributed by atoms with van der Waals surface area (Å²) in [5.74, 6) is 3.20. The van der Waals surface area contributed by atoms with Crippen LogP contribution in [0.4, 0.5) is 16.0 Å². The zero-order valence-electron chi connectivity index (χ0n) is 18.0. The number of alkyl halides is 1. The van der Waals surface area contributed by atoms with Crippen LogP contribution in [-0.2, 0) is 0 Å². The number of piperidine rings is 1. The summed E-state index contributed by atoms with van der Waals surface area (Å²) in [6, 6.07) is 5.27. The molecule has 1 aliphatic carbocycles. The highest BCUT2D eigenvalue weighted by molar-refractivity contribution is 5.61. The first-order valence-corrected chi connectivity index (χ1v) is 11.1. The second kappa shape index (κ2) is 7.66. The molecule has 2 saturated heterocycles. The molecule has 2 fully saturated rings. The molecule has 0 radical (unpaired) electrons. The maximum absolute atomic E-state index is 14.7. The molecule has 0 aromatic carbocycles. The van der Waals surface area contributed by atoms with Crippen LogP contribution in [0.2, 0.25) is 0 Å². The van der Waals surface area contributed by atoms with Crippen molar-refractivity contribution in [3.8, 4) is 6.07 Å². The van der Waals surface area contributed by atoms with Crippen molar-refractivity contribution in [2.75, 3.05) is 36.1 Å². The summed E-state index contributed by atoms with van der Waals surface area (Å²) >= 11 is 0. The van der Waals surface area contributed by atoms with Crippen molar-refractivity contribution in [2.24, 2.45) is 11.8 Å². The Hall–Kier alpha value is -2.46. The molecule has 158 valence electrons. The maximum Gasteiger partial charge on any atom is 0.356 e. The lowest BCUT2D eigenvalue weighted by Gasteiger charge is -2.33. The Morgan fingerprint density at radius 2 is 2.07 bits per heavy atom. The van der Waals surface area contributed by atoms with Crippen molar-refractivity contribution < 1.29 is 4.39 Å². The predicted octanol–water partition coefficient (Wildman–Crippen LogP) is 3.66. The average molecular weight is 410 g/mol. The van der Waals surface area contributed by atoms with E-state index in [4.69, 9.17) is 4.98 Å². The lowest BCUT2D eigenvalue weighted by Crippen LogP contribution is -2.41. The van der Waals surface area contributed by atoms with Gasteiger partial charge in [-0.2, -0.15) is 0 Å². The molecule has 4 atom stereocenters. The van der Waals surface area contributed by atoms with E-state index in [2.05, 4.69) is 46.1 Å². The SMILES string of the molecule is CC1=C(C2CCNCC2F)CC2C(=C1)C#[N+]N2c1cc(N2CC[C@H](C)C2)nc(C)n1. The number of nitrogens with one attached hydrogen (secondary N) is 1. The third kappa shape index (κ3) is 3.47. The third-order valence-electron chi connectivity index (χ3n) is 6.88. The van der Waals surface area contributed by atoms with E-state index in [-0.39, 0.29) is 12.0 Å². The summed E-state index contributed by atoms with van der Waals surface area (Å²) in [5.41, 5.74) is 3.46. The quantitative estimate of drug-likeness (QED) is 0.826. The number of aromatic nitrogens is 2. The van der Waals surface area contributed by atoms with E-state index in [0.717, 1.165) is 55.5 Å². The van der Waals surface area contributed by atoms with Crippen LogP contribution in [0, 0.1) is 24.8 Å². The summed E-state index contributed by atoms with van der Waals surface area (Å²) in [5, 5.41) is 5.13. The maximum atomic E-state index is 14.7. The highest BCUT2D eigenvalue weighted by Crippen LogP contribution is 2.40. The van der Waals surface area contributed by atoms with E-state index >= 15 is 0 Å². The minimum Gasteiger partial charge on any atom is -0.356 e. The second-order valence-electron chi connectivity index (χ2n) is 9.17. The van der Waals surface area contributed by atoms with Crippen LogP contribution in [0.15, 0.2) is 28.9 Å². The van der Waals surface area contributed by atoms with Gasteiger partial charge in [0, 0.05) is 38.0 Å². The Morgan fingerprint density at radius 3 is 2.83 bits per heavy atom. The van der Waals surface area contributed by atoms with Crippen LogP contribution in [0.3, 0.4) is 0 Å². The molecule has 0 amide bonds. The van der Waals surface area contributed by atoms with E-state index in [1.165, 1.54) is 17.6 Å². The molecule has 1 aromatic rings. The Labute approximate surface area is 177 Å². The summed E-state index contributed by atoms with van der Waals surface area (Å²) in [6.07, 6.45) is 4.12. The Kier molecular flexibility index (Phi) is 4.98. The first-order valence-electron chi connectivity index (χ1n) is 11.1. The van der Waals surface area contributed by atoms with Crippen molar-refractivity contribution in [1.29, 1.82) is 0 Å². The Bertz CT molecular complexity index is 974. The fourth-order valence-electron chi connectivity index (χ4n) is 5.23. The number of aryl methyl sites for hydroxylation is 1. The zero-order valence-corrected chi connectivity index (χ0v) is 18.0. The molecule has 6 nitrogen and oxygen atoms in total. The molecule has 0 saturated carbocycles. The van der Waals surface area contributed by atoms with Crippen LogP contribution in [0.1, 0.15) is 38.9 Å². The number of fused-ring (bicyclic) bond motifs is 1. The molecule has 1 aromatic heterocycles. The van der Waals surface area contributed by atoms with E-state index in [9.17, 15) is 4.39 Å². The second-order valence-corrected chi connectivity index (χ2v) is 9.17. The van der Waals surface area contributed by atoms with Crippen LogP contribution >= 0.6 is 0 Å². The predicted molar refractivity (Wildman–Crippen MR) is 118 cm³/mol. The van der Waals surface area contributed by atoms with Crippen LogP contribution in [0.25, 0.3) is 4.95 Å². The molecule has 3 unspecified atom stereocenters. The van der Waals surface area contributed by atoms with Gasteiger partial charge in [-0.05, 0) is 50.2 Å². The van der Waals surface area contributed by atoms with Gasteiger partial charge in [0.1, 0.15) is 23.4 Å². The smallest absolute Gasteiger partial charge is 0.356 e. The highest BCUT2D eigenvalue weighted by Gasteiger charge is 2.43. The zero-order chi connectivity index (χ0) is 20.8. The van der Waals surface area contributed by atoms with Crippen molar-refractivity contribution in [3.63, 3.8) is 0 Å². The third-order valence-corrected chi connectivity index (χ3v) is 6.88. The number of allylic oxidation sites excluding steroid dienone is 2. The van der Waals surface area contributed by atoms with Gasteiger partial charge in [0.25, 0.3) is 0 Å². The van der Waals surface area contributed by atoms with Gasteiger partial charge in [-0.25, -0.2) is 14.4 Å². The van der Waals surface area contributed by atoms with Crippen LogP contribution in [0.5, 0.6) is 0 Å². The number of halogens is 1. The van der Waals surface area contributed by atoms with Gasteiger partial charge in [0.2, 0.25) is 5.82 Å². The van der Waals surface area contributed by atoms with Gasteiger partial charge in [-0.15, -0.1) is 0 Å². The van der Waals surface area contributed by atoms with E-state index < -0.39 is 6.17 Å². The summed E-state index contributed by atoms with van der Waals surface area (Å²) in [4.78, 5) is 16.3. The van der Waals surface area contributed by atoms with Crippen molar-refractivity contribution in [3.05, 3.63) is 39.6 Å². The van der Waals surface area contributed by atoms with Gasteiger partial charge >= 0.3 is 6.07 Å². The fraction of sp³-hybridized carbons (Fsp3) is 0.609. The Balaban J connectivity index is 1.42. The number of rotatable bonds is 3. The number of nitrogens with zero attached hydrogens (tertiary/aromatic N) is 5. The van der Waals surface area contributed by atoms with Gasteiger partial charge in [0.05, 0.1) is 4.95 Å². The van der Waals surface area contributed by atoms with Crippen LogP contribution < -0.4 is 15.2 Å². The topological polar surface area (TPSA) is 48.7 Å². The molecule has 4 aliphatic rings. The molecule has 7 heteroatoms. The summed E-state index contributed by atoms with van der Waals surface area (Å²) < 4.78 is 14.7. The van der Waals surface area contributed by atoms with Gasteiger partial charge in [0.15, 0.2) is 6.04 Å². The minimum atomic E-state index is -0.830. The van der Waals surface area contributed by atoms with Gasteiger partial charge in [-0.3, -0.25) is 0 Å². The Morgan fingerprint density at radius 1 is 1.23 bits per heavy atom. The monoisotopic (exact) mass is 409 g/mol. The molecule has 30 heavy (non-hydrogen) atoms. The average Bonchev–Trinajstić information content (AvgIpc) is 3.33. The number of anilines is 2. The lowest BCUT2D eigenvalue weighted by atomic mass is 9.78. The normalized spacial score (nSPS) is 30.9. The van der Waals surface area contributed by atoms with Gasteiger partial charge in [-0.1, -0.05) is 18.1 Å². The minimum absolute atomic E-state index is 0.0136. The van der Waals surface area contributed by atoms with E-state index in [1.54, 1.807) is 0 Å². The van der Waals surface area contributed by atoms with Crippen LogP contribution in [-0.4, -0.2) is 48.4 Å². The van der Waals surface area contributed by atoms with E-state index in [1.807, 2.05) is 18.0 Å². The van der Waals surface area contributed by atoms with E-state index in [0.29, 0.717) is 12.5 Å². The molecule has 1 N–H and O–H groups in total. The fourth-order valence-corrected chi connectivity index (χ4v) is 5.23. The van der Waals surface area contributed by atoms with Gasteiger partial charge < -0.3 is 10.2 Å². The first-order chi connectivity index (χ1) is 14.5. The highest BCUT2D eigenvalue weighted by atomic mass is 19.1. The number of hydrogen-bond donors (Lipinski definition) is 1. The van der Waals surface area contributed by atoms with Crippen molar-refractivity contribution in [1.82, 2.24) is 15.3 Å². The number of hydrogen-bond acceptors (Lipinski definition) is 5. The summed E-state index contributed by atoms with van der Waals surface area (Å²) in [6.45, 7) is 9.68. The molecule has 0 spiro atoms.